The number of nitrogens with zero attached hydrogens (tertiary/aromatic N) is 3. The molecule has 2 fully saturated rings. The summed E-state index contributed by atoms with van der Waals surface area (Å²) in [6.45, 7) is 3.09. The third kappa shape index (κ3) is 2.89. The first-order valence-electron chi connectivity index (χ1n) is 7.69. The Morgan fingerprint density at radius 2 is 2.05 bits per heavy atom. The van der Waals surface area contributed by atoms with Gasteiger partial charge in [-0.2, -0.15) is 0 Å². The molecular formula is C16H24N4O. The van der Waals surface area contributed by atoms with Crippen molar-refractivity contribution in [1.82, 2.24) is 9.80 Å². The molecule has 3 rings (SSSR count). The number of hydrogen-bond acceptors (Lipinski definition) is 4. The van der Waals surface area contributed by atoms with E-state index in [1.54, 1.807) is 0 Å². The summed E-state index contributed by atoms with van der Waals surface area (Å²) in [6, 6.07) is 9.35. The van der Waals surface area contributed by atoms with Gasteiger partial charge in [-0.15, -0.1) is 0 Å². The van der Waals surface area contributed by atoms with Gasteiger partial charge in [-0.05, 0) is 31.9 Å². The Bertz CT molecular complexity index is 531. The number of fused-ring (bicyclic) bond motifs is 2. The summed E-state index contributed by atoms with van der Waals surface area (Å²) in [5.74, 6) is 0.194. The maximum Gasteiger partial charge on any atom is 0.170 e. The molecule has 2 aliphatic heterocycles. The molecule has 0 aromatic heterocycles. The number of nitrogens with two attached hydrogens (primary N) is 1. The van der Waals surface area contributed by atoms with E-state index in [0.29, 0.717) is 6.04 Å². The molecule has 1 aromatic rings. The summed E-state index contributed by atoms with van der Waals surface area (Å²) in [6.07, 6.45) is 3.88. The summed E-state index contributed by atoms with van der Waals surface area (Å²) in [5.41, 5.74) is 7.76. The van der Waals surface area contributed by atoms with E-state index >= 15 is 0 Å². The molecule has 2 heterocycles. The molecule has 2 atom stereocenters. The molecule has 114 valence electrons. The molecule has 0 amide bonds. The molecule has 0 radical (unpaired) electrons. The van der Waals surface area contributed by atoms with Crippen LogP contribution in [-0.2, 0) is 6.54 Å². The highest BCUT2D eigenvalue weighted by atomic mass is 16.4. The summed E-state index contributed by atoms with van der Waals surface area (Å²) in [4.78, 5) is 5.05. The molecule has 0 aliphatic carbocycles. The SMILES string of the molecule is CN1C2CCC1CN(Cc1ccccc1C(N)=NO)CC2. The van der Waals surface area contributed by atoms with Crippen molar-refractivity contribution >= 4 is 5.84 Å². The molecule has 3 N–H and O–H groups in total. The third-order valence-corrected chi connectivity index (χ3v) is 5.03. The van der Waals surface area contributed by atoms with E-state index in [-0.39, 0.29) is 5.84 Å². The molecule has 2 bridgehead atoms. The van der Waals surface area contributed by atoms with Crippen LogP contribution >= 0.6 is 0 Å². The van der Waals surface area contributed by atoms with Gasteiger partial charge in [0.2, 0.25) is 0 Å². The van der Waals surface area contributed by atoms with Crippen LogP contribution in [0.15, 0.2) is 29.4 Å². The largest absolute Gasteiger partial charge is 0.409 e. The van der Waals surface area contributed by atoms with Gasteiger partial charge in [-0.1, -0.05) is 29.4 Å². The van der Waals surface area contributed by atoms with Crippen LogP contribution in [0.3, 0.4) is 0 Å². The molecule has 2 unspecified atom stereocenters. The topological polar surface area (TPSA) is 65.1 Å². The van der Waals surface area contributed by atoms with Gasteiger partial charge in [-0.3, -0.25) is 9.80 Å². The molecule has 2 aliphatic rings. The van der Waals surface area contributed by atoms with Crippen molar-refractivity contribution in [2.24, 2.45) is 10.9 Å². The normalized spacial score (nSPS) is 27.8. The number of benzene rings is 1. The fourth-order valence-electron chi connectivity index (χ4n) is 3.73. The van der Waals surface area contributed by atoms with Crippen LogP contribution in [0, 0.1) is 0 Å². The second kappa shape index (κ2) is 6.03. The zero-order valence-corrected chi connectivity index (χ0v) is 12.6. The van der Waals surface area contributed by atoms with E-state index in [1.165, 1.54) is 19.3 Å². The Hall–Kier alpha value is -1.59. The van der Waals surface area contributed by atoms with Crippen LogP contribution in [0.2, 0.25) is 0 Å². The average molecular weight is 288 g/mol. The Morgan fingerprint density at radius 1 is 1.29 bits per heavy atom. The molecular weight excluding hydrogens is 264 g/mol. The predicted octanol–water partition coefficient (Wildman–Crippen LogP) is 1.45. The Morgan fingerprint density at radius 3 is 2.86 bits per heavy atom. The first-order chi connectivity index (χ1) is 10.2. The first kappa shape index (κ1) is 14.4. The van der Waals surface area contributed by atoms with E-state index in [9.17, 15) is 0 Å². The Labute approximate surface area is 126 Å². The molecule has 5 heteroatoms. The van der Waals surface area contributed by atoms with Gasteiger partial charge in [0, 0.05) is 37.3 Å². The monoisotopic (exact) mass is 288 g/mol. The number of oxime groups is 1. The lowest BCUT2D eigenvalue weighted by Gasteiger charge is -2.26. The van der Waals surface area contributed by atoms with Gasteiger partial charge in [0.05, 0.1) is 0 Å². The molecule has 21 heavy (non-hydrogen) atoms. The molecule has 0 saturated carbocycles. The zero-order chi connectivity index (χ0) is 14.8. The van der Waals surface area contributed by atoms with Gasteiger partial charge < -0.3 is 10.9 Å². The maximum atomic E-state index is 8.93. The summed E-state index contributed by atoms with van der Waals surface area (Å²) in [5, 5.41) is 12.1. The van der Waals surface area contributed by atoms with Crippen LogP contribution in [-0.4, -0.2) is 53.1 Å². The van der Waals surface area contributed by atoms with Crippen molar-refractivity contribution in [3.05, 3.63) is 35.4 Å². The van der Waals surface area contributed by atoms with Crippen molar-refractivity contribution in [1.29, 1.82) is 0 Å². The van der Waals surface area contributed by atoms with Gasteiger partial charge in [0.25, 0.3) is 0 Å². The second-order valence-electron chi connectivity index (χ2n) is 6.22. The van der Waals surface area contributed by atoms with Crippen LogP contribution in [0.25, 0.3) is 0 Å². The highest BCUT2D eigenvalue weighted by Crippen LogP contribution is 2.29. The highest BCUT2D eigenvalue weighted by molar-refractivity contribution is 5.98. The number of hydrogen-bond donors (Lipinski definition) is 2. The number of rotatable bonds is 3. The predicted molar refractivity (Wildman–Crippen MR) is 83.4 cm³/mol. The molecule has 2 saturated heterocycles. The first-order valence-corrected chi connectivity index (χ1v) is 7.69. The Balaban J connectivity index is 1.75. The van der Waals surface area contributed by atoms with E-state index < -0.39 is 0 Å². The van der Waals surface area contributed by atoms with E-state index in [2.05, 4.69) is 28.1 Å². The lowest BCUT2D eigenvalue weighted by molar-refractivity contribution is 0.214. The standard InChI is InChI=1S/C16H24N4O/c1-19-13-6-7-14(19)11-20(9-8-13)10-12-4-2-3-5-15(12)16(17)18-21/h2-5,13-14,21H,6-11H2,1H3,(H2,17,18). The number of amidine groups is 1. The van der Waals surface area contributed by atoms with E-state index in [4.69, 9.17) is 10.9 Å². The Kier molecular flexibility index (Phi) is 4.12. The van der Waals surface area contributed by atoms with Crippen LogP contribution in [0.4, 0.5) is 0 Å². The smallest absolute Gasteiger partial charge is 0.170 e. The zero-order valence-electron chi connectivity index (χ0n) is 12.6. The van der Waals surface area contributed by atoms with Gasteiger partial charge >= 0.3 is 0 Å². The van der Waals surface area contributed by atoms with Crippen molar-refractivity contribution in [2.45, 2.75) is 37.9 Å². The van der Waals surface area contributed by atoms with Crippen molar-refractivity contribution in [2.75, 3.05) is 20.1 Å². The van der Waals surface area contributed by atoms with Crippen molar-refractivity contribution in [3.63, 3.8) is 0 Å². The fraction of sp³-hybridized carbons (Fsp3) is 0.562. The fourth-order valence-corrected chi connectivity index (χ4v) is 3.73. The number of likely N-dealkylation sites (N-methyl/N-ethyl adjacent to an activating group) is 1. The maximum absolute atomic E-state index is 8.93. The minimum Gasteiger partial charge on any atom is -0.409 e. The van der Waals surface area contributed by atoms with Crippen LogP contribution in [0.5, 0.6) is 0 Å². The minimum atomic E-state index is 0.194. The summed E-state index contributed by atoms with van der Waals surface area (Å²) in [7, 11) is 2.26. The molecule has 5 nitrogen and oxygen atoms in total. The van der Waals surface area contributed by atoms with Crippen LogP contribution < -0.4 is 5.73 Å². The lowest BCUT2D eigenvalue weighted by Crippen LogP contribution is -2.36. The summed E-state index contributed by atoms with van der Waals surface area (Å²) >= 11 is 0. The van der Waals surface area contributed by atoms with Crippen molar-refractivity contribution < 1.29 is 5.21 Å². The van der Waals surface area contributed by atoms with E-state index in [1.807, 2.05) is 18.2 Å². The van der Waals surface area contributed by atoms with Gasteiger partial charge in [0.1, 0.15) is 0 Å². The average Bonchev–Trinajstić information content (AvgIpc) is 2.75. The van der Waals surface area contributed by atoms with Crippen LogP contribution in [0.1, 0.15) is 30.4 Å². The van der Waals surface area contributed by atoms with Gasteiger partial charge in [-0.25, -0.2) is 0 Å². The van der Waals surface area contributed by atoms with Gasteiger partial charge in [0.15, 0.2) is 5.84 Å². The molecule has 0 spiro atoms. The highest BCUT2D eigenvalue weighted by Gasteiger charge is 2.34. The minimum absolute atomic E-state index is 0.194. The summed E-state index contributed by atoms with van der Waals surface area (Å²) < 4.78 is 0. The van der Waals surface area contributed by atoms with Crippen molar-refractivity contribution in [3.8, 4) is 0 Å². The molecule has 1 aromatic carbocycles. The third-order valence-electron chi connectivity index (χ3n) is 5.03. The van der Waals surface area contributed by atoms with E-state index in [0.717, 1.165) is 36.8 Å². The quantitative estimate of drug-likeness (QED) is 0.382. The lowest BCUT2D eigenvalue weighted by atomic mass is 10.0. The number of likely N-dealkylation sites (tertiary alicyclic amines) is 1. The second-order valence-corrected chi connectivity index (χ2v) is 6.22.